The second-order valence-electron chi connectivity index (χ2n) is 7.78. The SMILES string of the molecule is C1CCOC1.[CH]1[CH][C]2C=CC=C[C]2[CH]1.[CH]1[CH][C]2C=CC=C[C]2[CH]1.[CH]1[CH][C]2C=CC=C[C]2[CH]1.[La]. The first-order valence-corrected chi connectivity index (χ1v) is 11.3. The quantitative estimate of drug-likeness (QED) is 0.333. The monoisotopic (exact) mass is 556 g/mol. The van der Waals surface area contributed by atoms with E-state index in [0.717, 1.165) is 13.2 Å². The Balaban J connectivity index is 0.000000125. The van der Waals surface area contributed by atoms with Gasteiger partial charge in [-0.3, -0.25) is 0 Å². The Bertz CT molecular complexity index is 571. The van der Waals surface area contributed by atoms with E-state index in [-0.39, 0.29) is 35.6 Å². The van der Waals surface area contributed by atoms with Gasteiger partial charge in [-0.2, -0.15) is 0 Å². The molecule has 0 aromatic heterocycles. The van der Waals surface area contributed by atoms with E-state index in [1.54, 1.807) is 0 Å². The molecule has 0 aromatic rings. The van der Waals surface area contributed by atoms with Crippen molar-refractivity contribution in [2.45, 2.75) is 12.8 Å². The molecule has 0 atom stereocenters. The second kappa shape index (κ2) is 15.6. The Labute approximate surface area is 231 Å². The van der Waals surface area contributed by atoms with Crippen molar-refractivity contribution in [3.8, 4) is 0 Å². The molecule has 0 unspecified atom stereocenters. The topological polar surface area (TPSA) is 9.23 Å². The average molecular weight is 556 g/mol. The molecule has 0 amide bonds. The third-order valence-corrected chi connectivity index (χ3v) is 5.47. The van der Waals surface area contributed by atoms with Crippen LogP contribution in [0.1, 0.15) is 12.8 Å². The van der Waals surface area contributed by atoms with Gasteiger partial charge in [0.05, 0.1) is 0 Å². The fraction of sp³-hybridized carbons (Fsp3) is 0.129. The van der Waals surface area contributed by atoms with Gasteiger partial charge >= 0.3 is 0 Å². The summed E-state index contributed by atoms with van der Waals surface area (Å²) in [6.07, 6.45) is 46.6. The van der Waals surface area contributed by atoms with Crippen molar-refractivity contribution in [2.24, 2.45) is 0 Å². The van der Waals surface area contributed by atoms with Gasteiger partial charge in [0, 0.05) is 84.3 Å². The van der Waals surface area contributed by atoms with Crippen molar-refractivity contribution in [1.29, 1.82) is 0 Å². The van der Waals surface area contributed by atoms with Crippen LogP contribution in [0.25, 0.3) is 0 Å². The first-order valence-electron chi connectivity index (χ1n) is 11.3. The minimum Gasteiger partial charge on any atom is -0.381 e. The van der Waals surface area contributed by atoms with E-state index >= 15 is 0 Å². The fourth-order valence-corrected chi connectivity index (χ4v) is 3.72. The van der Waals surface area contributed by atoms with Crippen molar-refractivity contribution in [1.82, 2.24) is 0 Å². The number of hydrogen-bond donors (Lipinski definition) is 0. The molecule has 7 rings (SSSR count). The molecule has 6 aliphatic carbocycles. The van der Waals surface area contributed by atoms with Gasteiger partial charge in [0.1, 0.15) is 0 Å². The minimum atomic E-state index is 0. The van der Waals surface area contributed by atoms with E-state index < -0.39 is 0 Å². The molecule has 2 heteroatoms. The summed E-state index contributed by atoms with van der Waals surface area (Å²) in [7, 11) is 0. The van der Waals surface area contributed by atoms with Gasteiger partial charge in [-0.1, -0.05) is 72.9 Å². The molecule has 7 aliphatic rings. The summed E-state index contributed by atoms with van der Waals surface area (Å²) in [5.41, 5.74) is 0. The van der Waals surface area contributed by atoms with Crippen LogP contribution in [0.2, 0.25) is 0 Å². The summed E-state index contributed by atoms with van der Waals surface area (Å²) in [4.78, 5) is 0. The molecule has 1 aliphatic heterocycles. The van der Waals surface area contributed by atoms with Crippen LogP contribution in [0, 0.1) is 129 Å². The van der Waals surface area contributed by atoms with Crippen LogP contribution in [0.3, 0.4) is 0 Å². The predicted octanol–water partition coefficient (Wildman–Crippen LogP) is 6.46. The van der Waals surface area contributed by atoms with Gasteiger partial charge in [0.25, 0.3) is 0 Å². The van der Waals surface area contributed by atoms with Crippen molar-refractivity contribution in [3.05, 3.63) is 166 Å². The number of hydrogen-bond acceptors (Lipinski definition) is 1. The Morgan fingerprint density at radius 2 is 0.636 bits per heavy atom. The smallest absolute Gasteiger partial charge is 0.0466 e. The van der Waals surface area contributed by atoms with E-state index in [1.807, 2.05) is 0 Å². The molecule has 162 valence electrons. The number of allylic oxidation sites excluding steroid dienone is 12. The van der Waals surface area contributed by atoms with Gasteiger partial charge in [-0.15, -0.1) is 0 Å². The Morgan fingerprint density at radius 1 is 0.394 bits per heavy atom. The summed E-state index contributed by atoms with van der Waals surface area (Å²) in [6, 6.07) is 0. The normalized spacial score (nSPS) is 25.8. The minimum absolute atomic E-state index is 0. The van der Waals surface area contributed by atoms with E-state index in [2.05, 4.69) is 131 Å². The van der Waals surface area contributed by atoms with E-state index in [4.69, 9.17) is 4.74 Å². The molecule has 0 spiro atoms. The zero-order chi connectivity index (χ0) is 21.8. The van der Waals surface area contributed by atoms with Crippen LogP contribution in [0.5, 0.6) is 0 Å². The number of fused-ring (bicyclic) bond motifs is 3. The largest absolute Gasteiger partial charge is 0.381 e. The summed E-state index contributed by atoms with van der Waals surface area (Å²) in [5, 5.41) is 0. The van der Waals surface area contributed by atoms with Gasteiger partial charge in [0.2, 0.25) is 0 Å². The Morgan fingerprint density at radius 3 is 0.818 bits per heavy atom. The van der Waals surface area contributed by atoms with Crippen LogP contribution in [0.15, 0.2) is 72.9 Å². The number of ether oxygens (including phenoxy) is 1. The molecule has 33 heavy (non-hydrogen) atoms. The van der Waals surface area contributed by atoms with Gasteiger partial charge in [0.15, 0.2) is 0 Å². The first kappa shape index (κ1) is 27.2. The third kappa shape index (κ3) is 8.95. The molecule has 0 bridgehead atoms. The maximum absolute atomic E-state index is 4.94. The molecule has 0 N–H and O–H groups in total. The van der Waals surface area contributed by atoms with Crippen LogP contribution in [-0.2, 0) is 4.74 Å². The molecule has 16 radical (unpaired) electrons. The number of rotatable bonds is 0. The average Bonchev–Trinajstić information content (AvgIpc) is 3.67. The van der Waals surface area contributed by atoms with Crippen LogP contribution >= 0.6 is 0 Å². The molecule has 1 nitrogen and oxygen atoms in total. The maximum atomic E-state index is 4.94. The fourth-order valence-electron chi connectivity index (χ4n) is 3.72. The molecule has 0 aromatic carbocycles. The maximum Gasteiger partial charge on any atom is 0.0466 e. The van der Waals surface area contributed by atoms with Crippen molar-refractivity contribution < 1.29 is 40.3 Å². The van der Waals surface area contributed by atoms with Crippen LogP contribution < -0.4 is 0 Å². The molecular formula is C31H29LaO. The van der Waals surface area contributed by atoms with Gasteiger partial charge in [-0.25, -0.2) is 0 Å². The first-order chi connectivity index (χ1) is 15.9. The van der Waals surface area contributed by atoms with E-state index in [9.17, 15) is 0 Å². The van der Waals surface area contributed by atoms with Crippen molar-refractivity contribution in [3.63, 3.8) is 0 Å². The molecule has 3 saturated carbocycles. The van der Waals surface area contributed by atoms with Gasteiger partial charge in [-0.05, 0) is 70.6 Å². The van der Waals surface area contributed by atoms with E-state index in [0.29, 0.717) is 0 Å². The standard InChI is InChI=1S/3C9H7.C4H8O.La/c3*1-2-5-9-7-3-6-8(9)4-1;1-2-4-5-3-1;/h3*1-7H;1-4H2;. The van der Waals surface area contributed by atoms with Gasteiger partial charge < -0.3 is 4.74 Å². The predicted molar refractivity (Wildman–Crippen MR) is 133 cm³/mol. The molecular weight excluding hydrogens is 527 g/mol. The second-order valence-corrected chi connectivity index (χ2v) is 7.78. The zero-order valence-corrected chi connectivity index (χ0v) is 22.6. The van der Waals surface area contributed by atoms with Crippen molar-refractivity contribution >= 4 is 0 Å². The molecule has 1 heterocycles. The Hall–Kier alpha value is -0.405. The van der Waals surface area contributed by atoms with Crippen LogP contribution in [0.4, 0.5) is 0 Å². The Kier molecular flexibility index (Phi) is 12.8. The third-order valence-electron chi connectivity index (χ3n) is 5.47. The van der Waals surface area contributed by atoms with Crippen molar-refractivity contribution in [2.75, 3.05) is 13.2 Å². The van der Waals surface area contributed by atoms with E-state index in [1.165, 1.54) is 48.3 Å². The van der Waals surface area contributed by atoms with Crippen LogP contribution in [-0.4, -0.2) is 13.2 Å². The summed E-state index contributed by atoms with van der Waals surface area (Å²) in [5.74, 6) is 7.99. The zero-order valence-electron chi connectivity index (χ0n) is 18.9. The molecule has 4 fully saturated rings. The summed E-state index contributed by atoms with van der Waals surface area (Å²) < 4.78 is 4.94. The summed E-state index contributed by atoms with van der Waals surface area (Å²) >= 11 is 0. The summed E-state index contributed by atoms with van der Waals surface area (Å²) in [6.45, 7) is 2.00. The molecule has 1 saturated heterocycles.